The number of benzene rings is 1. The molecule has 0 amide bonds. The van der Waals surface area contributed by atoms with E-state index in [-0.39, 0.29) is 17.7 Å². The van der Waals surface area contributed by atoms with Crippen LogP contribution in [0.15, 0.2) is 30.5 Å². The Kier molecular flexibility index (Phi) is 6.68. The Balaban J connectivity index is 2.45. The van der Waals surface area contributed by atoms with Crippen molar-refractivity contribution in [1.29, 1.82) is 0 Å². The first kappa shape index (κ1) is 21.0. The van der Waals surface area contributed by atoms with E-state index in [1.807, 2.05) is 32.0 Å². The summed E-state index contributed by atoms with van der Waals surface area (Å²) in [5, 5.41) is 0. The standard InChI is InChI=1S/C20H26F3N3O/c1-6-14(4)15-8-7-9-16(10-15)26(5)18-17(20(21,22)23)11-24-19(25-18)27-12-13(2)3/h7-11,13-14H,6,12H2,1-5H3. The Morgan fingerprint density at radius 1 is 1.19 bits per heavy atom. The third-order valence-corrected chi connectivity index (χ3v) is 4.35. The van der Waals surface area contributed by atoms with Crippen LogP contribution in [0.5, 0.6) is 6.01 Å². The van der Waals surface area contributed by atoms with Crippen molar-refractivity contribution in [1.82, 2.24) is 9.97 Å². The maximum absolute atomic E-state index is 13.5. The average Bonchev–Trinajstić information content (AvgIpc) is 2.64. The second-order valence-electron chi connectivity index (χ2n) is 7.06. The molecule has 1 heterocycles. The number of alkyl halides is 3. The molecule has 0 radical (unpaired) electrons. The molecule has 1 aromatic carbocycles. The molecular formula is C20H26F3N3O. The van der Waals surface area contributed by atoms with Gasteiger partial charge in [-0.05, 0) is 36.0 Å². The third kappa shape index (κ3) is 5.34. The molecule has 0 aliphatic carbocycles. The van der Waals surface area contributed by atoms with E-state index in [9.17, 15) is 13.2 Å². The van der Waals surface area contributed by atoms with E-state index < -0.39 is 11.7 Å². The fourth-order valence-electron chi connectivity index (χ4n) is 2.52. The van der Waals surface area contributed by atoms with Crippen LogP contribution in [-0.2, 0) is 6.18 Å². The summed E-state index contributed by atoms with van der Waals surface area (Å²) < 4.78 is 45.9. The van der Waals surface area contributed by atoms with Crippen LogP contribution < -0.4 is 9.64 Å². The minimum atomic E-state index is -4.56. The molecule has 2 rings (SSSR count). The summed E-state index contributed by atoms with van der Waals surface area (Å²) in [7, 11) is 1.57. The molecule has 0 aliphatic rings. The molecule has 2 aromatic rings. The van der Waals surface area contributed by atoms with Gasteiger partial charge in [-0.2, -0.15) is 18.2 Å². The van der Waals surface area contributed by atoms with Gasteiger partial charge in [0.1, 0.15) is 5.56 Å². The Bertz CT molecular complexity index is 762. The lowest BCUT2D eigenvalue weighted by Gasteiger charge is -2.23. The first-order chi connectivity index (χ1) is 12.6. The number of halogens is 3. The van der Waals surface area contributed by atoms with E-state index in [4.69, 9.17) is 4.74 Å². The van der Waals surface area contributed by atoms with Crippen molar-refractivity contribution in [2.24, 2.45) is 5.92 Å². The van der Waals surface area contributed by atoms with Gasteiger partial charge in [0.15, 0.2) is 5.82 Å². The number of hydrogen-bond acceptors (Lipinski definition) is 4. The van der Waals surface area contributed by atoms with Crippen LogP contribution in [0.2, 0.25) is 0 Å². The molecule has 0 saturated heterocycles. The first-order valence-electron chi connectivity index (χ1n) is 9.04. The molecule has 1 unspecified atom stereocenters. The fraction of sp³-hybridized carbons (Fsp3) is 0.500. The summed E-state index contributed by atoms with van der Waals surface area (Å²) in [5.74, 6) is 0.303. The van der Waals surface area contributed by atoms with Crippen LogP contribution in [0.3, 0.4) is 0 Å². The van der Waals surface area contributed by atoms with Crippen molar-refractivity contribution in [3.63, 3.8) is 0 Å². The van der Waals surface area contributed by atoms with Gasteiger partial charge in [0.05, 0.1) is 6.61 Å². The first-order valence-corrected chi connectivity index (χ1v) is 9.04. The Hall–Kier alpha value is -2.31. The molecule has 1 aromatic heterocycles. The minimum Gasteiger partial charge on any atom is -0.463 e. The van der Waals surface area contributed by atoms with Crippen LogP contribution in [-0.4, -0.2) is 23.6 Å². The zero-order valence-corrected chi connectivity index (χ0v) is 16.3. The van der Waals surface area contributed by atoms with Crippen LogP contribution >= 0.6 is 0 Å². The Morgan fingerprint density at radius 3 is 2.48 bits per heavy atom. The molecule has 0 fully saturated rings. The van der Waals surface area contributed by atoms with Crippen LogP contribution in [0.25, 0.3) is 0 Å². The molecular weight excluding hydrogens is 355 g/mol. The van der Waals surface area contributed by atoms with Gasteiger partial charge in [0.25, 0.3) is 0 Å². The number of rotatable bonds is 7. The van der Waals surface area contributed by atoms with Crippen molar-refractivity contribution >= 4 is 11.5 Å². The van der Waals surface area contributed by atoms with Crippen LogP contribution in [0.1, 0.15) is 51.2 Å². The normalized spacial score (nSPS) is 12.9. The lowest BCUT2D eigenvalue weighted by Crippen LogP contribution is -2.20. The summed E-state index contributed by atoms with van der Waals surface area (Å²) in [5.41, 5.74) is 0.809. The van der Waals surface area contributed by atoms with E-state index in [1.165, 1.54) is 4.90 Å². The van der Waals surface area contributed by atoms with E-state index >= 15 is 0 Å². The predicted octanol–water partition coefficient (Wildman–Crippen LogP) is 5.81. The van der Waals surface area contributed by atoms with Gasteiger partial charge in [-0.15, -0.1) is 0 Å². The Morgan fingerprint density at radius 2 is 1.89 bits per heavy atom. The van der Waals surface area contributed by atoms with Gasteiger partial charge >= 0.3 is 12.2 Å². The lowest BCUT2D eigenvalue weighted by molar-refractivity contribution is -0.137. The SMILES string of the molecule is CCC(C)c1cccc(N(C)c2nc(OCC(C)C)ncc2C(F)(F)F)c1. The second kappa shape index (κ2) is 8.59. The molecule has 0 bridgehead atoms. The summed E-state index contributed by atoms with van der Waals surface area (Å²) in [6.45, 7) is 8.38. The summed E-state index contributed by atoms with van der Waals surface area (Å²) in [6.07, 6.45) is -2.83. The van der Waals surface area contributed by atoms with E-state index in [1.54, 1.807) is 13.1 Å². The monoisotopic (exact) mass is 381 g/mol. The lowest BCUT2D eigenvalue weighted by atomic mass is 9.98. The van der Waals surface area contributed by atoms with Crippen molar-refractivity contribution in [3.05, 3.63) is 41.6 Å². The quantitative estimate of drug-likeness (QED) is 0.606. The molecule has 7 heteroatoms. The number of anilines is 2. The number of ether oxygens (including phenoxy) is 1. The van der Waals surface area contributed by atoms with Gasteiger partial charge in [0.2, 0.25) is 0 Å². The maximum Gasteiger partial charge on any atom is 0.421 e. The molecule has 4 nitrogen and oxygen atoms in total. The van der Waals surface area contributed by atoms with Gasteiger partial charge in [0, 0.05) is 18.9 Å². The molecule has 0 spiro atoms. The summed E-state index contributed by atoms with van der Waals surface area (Å²) >= 11 is 0. The Labute approximate surface area is 158 Å². The highest BCUT2D eigenvalue weighted by atomic mass is 19.4. The van der Waals surface area contributed by atoms with Gasteiger partial charge in [-0.3, -0.25) is 0 Å². The van der Waals surface area contributed by atoms with Gasteiger partial charge < -0.3 is 9.64 Å². The zero-order valence-electron chi connectivity index (χ0n) is 16.3. The summed E-state index contributed by atoms with van der Waals surface area (Å²) in [6, 6.07) is 7.43. The highest BCUT2D eigenvalue weighted by Crippen LogP contribution is 2.38. The van der Waals surface area contributed by atoms with Crippen molar-refractivity contribution in [3.8, 4) is 6.01 Å². The van der Waals surface area contributed by atoms with Crippen LogP contribution in [0.4, 0.5) is 24.7 Å². The van der Waals surface area contributed by atoms with Crippen LogP contribution in [0, 0.1) is 5.92 Å². The van der Waals surface area contributed by atoms with Gasteiger partial charge in [-0.25, -0.2) is 4.98 Å². The molecule has 27 heavy (non-hydrogen) atoms. The van der Waals surface area contributed by atoms with E-state index in [0.717, 1.165) is 18.2 Å². The molecule has 0 saturated carbocycles. The maximum atomic E-state index is 13.5. The van der Waals surface area contributed by atoms with Crippen molar-refractivity contribution in [2.75, 3.05) is 18.6 Å². The smallest absolute Gasteiger partial charge is 0.421 e. The van der Waals surface area contributed by atoms with Gasteiger partial charge in [-0.1, -0.05) is 39.8 Å². The van der Waals surface area contributed by atoms with Crippen molar-refractivity contribution < 1.29 is 17.9 Å². The average molecular weight is 381 g/mol. The zero-order chi connectivity index (χ0) is 20.2. The largest absolute Gasteiger partial charge is 0.463 e. The summed E-state index contributed by atoms with van der Waals surface area (Å²) in [4.78, 5) is 9.22. The third-order valence-electron chi connectivity index (χ3n) is 4.35. The molecule has 0 aliphatic heterocycles. The van der Waals surface area contributed by atoms with E-state index in [2.05, 4.69) is 23.8 Å². The number of aromatic nitrogens is 2. The van der Waals surface area contributed by atoms with E-state index in [0.29, 0.717) is 18.2 Å². The predicted molar refractivity (Wildman–Crippen MR) is 101 cm³/mol. The molecule has 148 valence electrons. The highest BCUT2D eigenvalue weighted by Gasteiger charge is 2.36. The molecule has 1 atom stereocenters. The highest BCUT2D eigenvalue weighted by molar-refractivity contribution is 5.63. The fourth-order valence-corrected chi connectivity index (χ4v) is 2.52. The number of nitrogens with zero attached hydrogens (tertiary/aromatic N) is 3. The van der Waals surface area contributed by atoms with Crippen molar-refractivity contribution in [2.45, 2.75) is 46.2 Å². The second-order valence-corrected chi connectivity index (χ2v) is 7.06. The molecule has 0 N–H and O–H groups in total. The number of hydrogen-bond donors (Lipinski definition) is 0. The minimum absolute atomic E-state index is 0.0587. The topological polar surface area (TPSA) is 38.2 Å².